The van der Waals surface area contributed by atoms with Crippen molar-refractivity contribution in [3.8, 4) is 0 Å². The fraction of sp³-hybridized carbons (Fsp3) is 0.222. The molecule has 0 aliphatic heterocycles. The number of aliphatic carboxylic acids is 1. The average Bonchev–Trinajstić information content (AvgIpc) is 2.17. The van der Waals surface area contributed by atoms with Crippen LogP contribution >= 0.6 is 0 Å². The minimum atomic E-state index is -4.07. The Hall–Kier alpha value is -1.56. The summed E-state index contributed by atoms with van der Waals surface area (Å²) in [5.41, 5.74) is 4.94. The van der Waals surface area contributed by atoms with Crippen LogP contribution in [0.5, 0.6) is 0 Å². The molecule has 0 aliphatic carbocycles. The van der Waals surface area contributed by atoms with Crippen LogP contribution in [0.4, 0.5) is 13.2 Å². The molecule has 1 rings (SSSR count). The molecule has 0 unspecified atom stereocenters. The average molecular weight is 219 g/mol. The lowest BCUT2D eigenvalue weighted by molar-refractivity contribution is -0.168. The first kappa shape index (κ1) is 11.5. The van der Waals surface area contributed by atoms with Crippen molar-refractivity contribution in [2.45, 2.75) is 12.0 Å². The summed E-state index contributed by atoms with van der Waals surface area (Å²) in [4.78, 5) is 10.2. The van der Waals surface area contributed by atoms with Gasteiger partial charge in [0.15, 0.2) is 0 Å². The van der Waals surface area contributed by atoms with Crippen molar-refractivity contribution < 1.29 is 23.1 Å². The monoisotopic (exact) mass is 219 g/mol. The van der Waals surface area contributed by atoms with E-state index in [1.165, 1.54) is 0 Å². The highest BCUT2D eigenvalue weighted by Gasteiger charge is 2.46. The first-order chi connectivity index (χ1) is 6.85. The van der Waals surface area contributed by atoms with Gasteiger partial charge in [-0.2, -0.15) is 8.78 Å². The maximum Gasteiger partial charge on any atom is 0.376 e. The van der Waals surface area contributed by atoms with Crippen LogP contribution in [-0.4, -0.2) is 17.0 Å². The molecule has 15 heavy (non-hydrogen) atoms. The van der Waals surface area contributed by atoms with Gasteiger partial charge in [0.1, 0.15) is 11.9 Å². The number of carboxylic acid groups (broad SMARTS) is 1. The maximum absolute atomic E-state index is 12.9. The lowest BCUT2D eigenvalue weighted by Crippen LogP contribution is -2.40. The zero-order valence-electron chi connectivity index (χ0n) is 7.45. The molecule has 0 saturated carbocycles. The zero-order chi connectivity index (χ0) is 11.6. The normalized spacial score (nSPS) is 13.6. The van der Waals surface area contributed by atoms with E-state index < -0.39 is 23.8 Å². The summed E-state index contributed by atoms with van der Waals surface area (Å²) in [5.74, 6) is -6.98. The molecule has 3 nitrogen and oxygen atoms in total. The van der Waals surface area contributed by atoms with Gasteiger partial charge >= 0.3 is 11.9 Å². The van der Waals surface area contributed by atoms with Crippen molar-refractivity contribution in [2.24, 2.45) is 5.73 Å². The number of nitrogens with two attached hydrogens (primary N) is 1. The van der Waals surface area contributed by atoms with Gasteiger partial charge in [-0.1, -0.05) is 12.1 Å². The summed E-state index contributed by atoms with van der Waals surface area (Å²) < 4.78 is 38.3. The number of hydrogen-bond donors (Lipinski definition) is 2. The largest absolute Gasteiger partial charge is 0.477 e. The number of benzene rings is 1. The Bertz CT molecular complexity index is 364. The molecular formula is C9H8F3NO2. The van der Waals surface area contributed by atoms with Crippen LogP contribution in [-0.2, 0) is 4.79 Å². The second kappa shape index (κ2) is 3.90. The molecule has 3 N–H and O–H groups in total. The summed E-state index contributed by atoms with van der Waals surface area (Å²) in [5, 5.41) is 8.22. The molecular weight excluding hydrogens is 211 g/mol. The van der Waals surface area contributed by atoms with Crippen LogP contribution in [0.2, 0.25) is 0 Å². The molecule has 1 atom stereocenters. The molecule has 0 bridgehead atoms. The molecule has 0 saturated heterocycles. The molecule has 0 amide bonds. The van der Waals surface area contributed by atoms with E-state index in [0.717, 1.165) is 24.3 Å². The summed E-state index contributed by atoms with van der Waals surface area (Å²) in [6, 6.07) is 1.93. The van der Waals surface area contributed by atoms with Gasteiger partial charge < -0.3 is 10.8 Å². The fourth-order valence-corrected chi connectivity index (χ4v) is 1.01. The molecule has 1 aromatic rings. The summed E-state index contributed by atoms with van der Waals surface area (Å²) >= 11 is 0. The zero-order valence-corrected chi connectivity index (χ0v) is 7.45. The highest BCUT2D eigenvalue weighted by molar-refractivity contribution is 5.76. The highest BCUT2D eigenvalue weighted by Crippen LogP contribution is 2.29. The van der Waals surface area contributed by atoms with Crippen molar-refractivity contribution >= 4 is 5.97 Å². The SMILES string of the molecule is N[C@@H](c1ccc(F)cc1)C(F)(F)C(=O)O. The highest BCUT2D eigenvalue weighted by atomic mass is 19.3. The maximum atomic E-state index is 12.9. The van der Waals surface area contributed by atoms with E-state index in [1.54, 1.807) is 0 Å². The van der Waals surface area contributed by atoms with Gasteiger partial charge in [0.2, 0.25) is 0 Å². The van der Waals surface area contributed by atoms with Gasteiger partial charge in [0.25, 0.3) is 0 Å². The topological polar surface area (TPSA) is 63.3 Å². The molecule has 0 spiro atoms. The van der Waals surface area contributed by atoms with Crippen LogP contribution in [0.1, 0.15) is 11.6 Å². The van der Waals surface area contributed by atoms with E-state index in [-0.39, 0.29) is 5.56 Å². The Balaban J connectivity index is 2.99. The molecule has 1 aromatic carbocycles. The lowest BCUT2D eigenvalue weighted by Gasteiger charge is -2.19. The Morgan fingerprint density at radius 3 is 2.20 bits per heavy atom. The van der Waals surface area contributed by atoms with Crippen LogP contribution in [0, 0.1) is 5.82 Å². The molecule has 0 radical (unpaired) electrons. The minimum Gasteiger partial charge on any atom is -0.477 e. The number of alkyl halides is 2. The van der Waals surface area contributed by atoms with Gasteiger partial charge in [-0.3, -0.25) is 0 Å². The standard InChI is InChI=1S/C9H8F3NO2/c10-6-3-1-5(2-4-6)7(13)9(11,12)8(14)15/h1-4,7H,13H2,(H,14,15)/t7-/m0/s1. The summed E-state index contributed by atoms with van der Waals surface area (Å²) in [6.07, 6.45) is 0. The summed E-state index contributed by atoms with van der Waals surface area (Å²) in [7, 11) is 0. The molecule has 82 valence electrons. The Labute approximate surface area is 83.3 Å². The van der Waals surface area contributed by atoms with Gasteiger partial charge in [-0.25, -0.2) is 9.18 Å². The van der Waals surface area contributed by atoms with Gasteiger partial charge in [-0.15, -0.1) is 0 Å². The third-order valence-electron chi connectivity index (χ3n) is 1.90. The van der Waals surface area contributed by atoms with Crippen LogP contribution < -0.4 is 5.73 Å². The molecule has 0 heterocycles. The van der Waals surface area contributed by atoms with Crippen LogP contribution in [0.25, 0.3) is 0 Å². The van der Waals surface area contributed by atoms with Gasteiger partial charge in [-0.05, 0) is 17.7 Å². The lowest BCUT2D eigenvalue weighted by atomic mass is 10.0. The van der Waals surface area contributed by atoms with Crippen molar-refractivity contribution in [2.75, 3.05) is 0 Å². The smallest absolute Gasteiger partial charge is 0.376 e. The number of carboxylic acids is 1. The Kier molecular flexibility index (Phi) is 2.99. The van der Waals surface area contributed by atoms with E-state index in [1.807, 2.05) is 0 Å². The third kappa shape index (κ3) is 2.27. The first-order valence-corrected chi connectivity index (χ1v) is 3.98. The van der Waals surface area contributed by atoms with Crippen molar-refractivity contribution in [1.82, 2.24) is 0 Å². The molecule has 6 heteroatoms. The molecule has 0 aromatic heterocycles. The van der Waals surface area contributed by atoms with Crippen molar-refractivity contribution in [1.29, 1.82) is 0 Å². The van der Waals surface area contributed by atoms with E-state index >= 15 is 0 Å². The first-order valence-electron chi connectivity index (χ1n) is 3.98. The van der Waals surface area contributed by atoms with E-state index in [0.29, 0.717) is 0 Å². The quantitative estimate of drug-likeness (QED) is 0.810. The van der Waals surface area contributed by atoms with E-state index in [9.17, 15) is 18.0 Å². The number of rotatable bonds is 3. The van der Waals surface area contributed by atoms with Gasteiger partial charge in [0, 0.05) is 0 Å². The van der Waals surface area contributed by atoms with Gasteiger partial charge in [0.05, 0.1) is 0 Å². The van der Waals surface area contributed by atoms with Crippen LogP contribution in [0.3, 0.4) is 0 Å². The van der Waals surface area contributed by atoms with E-state index in [2.05, 4.69) is 0 Å². The second-order valence-corrected chi connectivity index (χ2v) is 2.96. The second-order valence-electron chi connectivity index (χ2n) is 2.96. The number of carbonyl (C=O) groups is 1. The predicted molar refractivity (Wildman–Crippen MR) is 45.9 cm³/mol. The predicted octanol–water partition coefficient (Wildman–Crippen LogP) is 1.55. The van der Waals surface area contributed by atoms with Crippen molar-refractivity contribution in [3.05, 3.63) is 35.6 Å². The molecule has 0 fully saturated rings. The number of hydrogen-bond acceptors (Lipinski definition) is 2. The minimum absolute atomic E-state index is 0.135. The van der Waals surface area contributed by atoms with Crippen LogP contribution in [0.15, 0.2) is 24.3 Å². The Morgan fingerprint density at radius 2 is 1.80 bits per heavy atom. The van der Waals surface area contributed by atoms with Crippen molar-refractivity contribution in [3.63, 3.8) is 0 Å². The fourth-order valence-electron chi connectivity index (χ4n) is 1.01. The van der Waals surface area contributed by atoms with E-state index in [4.69, 9.17) is 10.8 Å². The third-order valence-corrected chi connectivity index (χ3v) is 1.90. The number of halogens is 3. The molecule has 0 aliphatic rings. The summed E-state index contributed by atoms with van der Waals surface area (Å²) in [6.45, 7) is 0. The Morgan fingerprint density at radius 1 is 1.33 bits per heavy atom.